The second kappa shape index (κ2) is 13.3. The van der Waals surface area contributed by atoms with Gasteiger partial charge in [-0.25, -0.2) is 4.98 Å². The second-order valence-electron chi connectivity index (χ2n) is 9.36. The SMILES string of the molecule is COc1cc(C=Nn2c(-c3cccc(C(F)(F)F)c3)nc3ccccc3c2=O)c(Br)c(Cl)c1OCC(=O)Nc1ccc(Cl)cc1. The third-order valence-corrected chi connectivity index (χ3v) is 8.06. The van der Waals surface area contributed by atoms with Crippen LogP contribution in [0.25, 0.3) is 22.3 Å². The molecular weight excluding hydrogens is 700 g/mol. The highest BCUT2D eigenvalue weighted by molar-refractivity contribution is 9.10. The number of carbonyl (C=O) groups is 1. The Kier molecular flexibility index (Phi) is 9.47. The zero-order chi connectivity index (χ0) is 32.3. The number of halogens is 6. The first-order valence-electron chi connectivity index (χ1n) is 12.9. The fourth-order valence-corrected chi connectivity index (χ4v) is 5.00. The number of methoxy groups -OCH3 is 1. The molecule has 0 atom stereocenters. The van der Waals surface area contributed by atoms with Crippen molar-refractivity contribution in [3.05, 3.63) is 115 Å². The number of hydrogen-bond donors (Lipinski definition) is 1. The monoisotopic (exact) mass is 718 g/mol. The molecule has 1 N–H and O–H groups in total. The molecule has 8 nitrogen and oxygen atoms in total. The number of nitrogens with zero attached hydrogens (tertiary/aromatic N) is 3. The van der Waals surface area contributed by atoms with Crippen LogP contribution >= 0.6 is 39.1 Å². The van der Waals surface area contributed by atoms with Gasteiger partial charge in [-0.3, -0.25) is 9.59 Å². The Balaban J connectivity index is 1.50. The van der Waals surface area contributed by atoms with E-state index in [2.05, 4.69) is 31.3 Å². The topological polar surface area (TPSA) is 94.8 Å². The Labute approximate surface area is 272 Å². The summed E-state index contributed by atoms with van der Waals surface area (Å²) in [6, 6.07) is 18.9. The summed E-state index contributed by atoms with van der Waals surface area (Å²) in [6.07, 6.45) is -3.34. The lowest BCUT2D eigenvalue weighted by Crippen LogP contribution is -2.21. The first kappa shape index (κ1) is 32.0. The zero-order valence-corrected chi connectivity index (χ0v) is 26.1. The molecule has 14 heteroatoms. The van der Waals surface area contributed by atoms with Crippen molar-refractivity contribution in [3.8, 4) is 22.9 Å². The van der Waals surface area contributed by atoms with E-state index in [0.29, 0.717) is 16.3 Å². The number of amides is 1. The molecule has 5 rings (SSSR count). The Hall–Kier alpha value is -4.39. The number of benzene rings is 4. The van der Waals surface area contributed by atoms with Gasteiger partial charge in [-0.2, -0.15) is 22.9 Å². The van der Waals surface area contributed by atoms with Gasteiger partial charge in [0.25, 0.3) is 11.5 Å². The molecule has 230 valence electrons. The van der Waals surface area contributed by atoms with Crippen LogP contribution in [0, 0.1) is 0 Å². The van der Waals surface area contributed by atoms with E-state index in [4.69, 9.17) is 32.7 Å². The van der Waals surface area contributed by atoms with E-state index in [1.54, 1.807) is 42.5 Å². The summed E-state index contributed by atoms with van der Waals surface area (Å²) >= 11 is 15.8. The van der Waals surface area contributed by atoms with Crippen LogP contribution in [0.1, 0.15) is 11.1 Å². The number of rotatable bonds is 8. The van der Waals surface area contributed by atoms with Crippen molar-refractivity contribution >= 4 is 67.8 Å². The summed E-state index contributed by atoms with van der Waals surface area (Å²) in [5.74, 6) is -0.376. The molecule has 1 amide bonds. The molecule has 0 saturated carbocycles. The molecule has 0 aliphatic heterocycles. The average Bonchev–Trinajstić information content (AvgIpc) is 3.02. The van der Waals surface area contributed by atoms with Crippen LogP contribution in [0.15, 0.2) is 93.2 Å². The highest BCUT2D eigenvalue weighted by Gasteiger charge is 2.31. The van der Waals surface area contributed by atoms with Crippen molar-refractivity contribution in [2.24, 2.45) is 5.10 Å². The molecular formula is C31H20BrCl2F3N4O4. The first-order chi connectivity index (χ1) is 21.5. The molecule has 0 spiro atoms. The molecule has 0 bridgehead atoms. The van der Waals surface area contributed by atoms with Crippen molar-refractivity contribution in [1.29, 1.82) is 0 Å². The van der Waals surface area contributed by atoms with E-state index in [0.717, 1.165) is 16.8 Å². The van der Waals surface area contributed by atoms with Gasteiger partial charge in [-0.05, 0) is 70.5 Å². The molecule has 1 heterocycles. The van der Waals surface area contributed by atoms with Crippen molar-refractivity contribution in [3.63, 3.8) is 0 Å². The second-order valence-corrected chi connectivity index (χ2v) is 11.0. The van der Waals surface area contributed by atoms with Gasteiger partial charge >= 0.3 is 6.18 Å². The van der Waals surface area contributed by atoms with Gasteiger partial charge in [-0.15, -0.1) is 0 Å². The van der Waals surface area contributed by atoms with E-state index in [9.17, 15) is 22.8 Å². The molecule has 0 saturated heterocycles. The molecule has 5 aromatic rings. The fourth-order valence-electron chi connectivity index (χ4n) is 4.22. The van der Waals surface area contributed by atoms with Crippen LogP contribution < -0.4 is 20.3 Å². The molecule has 1 aromatic heterocycles. The third kappa shape index (κ3) is 7.14. The molecule has 0 aliphatic carbocycles. The van der Waals surface area contributed by atoms with Crippen LogP contribution in [0.5, 0.6) is 11.5 Å². The summed E-state index contributed by atoms with van der Waals surface area (Å²) in [5.41, 5.74) is -0.361. The van der Waals surface area contributed by atoms with Crippen molar-refractivity contribution in [2.75, 3.05) is 19.0 Å². The Morgan fingerprint density at radius 1 is 1.07 bits per heavy atom. The highest BCUT2D eigenvalue weighted by atomic mass is 79.9. The van der Waals surface area contributed by atoms with Crippen molar-refractivity contribution in [1.82, 2.24) is 9.66 Å². The van der Waals surface area contributed by atoms with Gasteiger partial charge < -0.3 is 14.8 Å². The number of hydrogen-bond acceptors (Lipinski definition) is 6. The lowest BCUT2D eigenvalue weighted by molar-refractivity contribution is -0.137. The quantitative estimate of drug-likeness (QED) is 0.164. The molecule has 4 aromatic carbocycles. The molecule has 0 unspecified atom stereocenters. The van der Waals surface area contributed by atoms with Gasteiger partial charge in [0, 0.05) is 26.3 Å². The highest BCUT2D eigenvalue weighted by Crippen LogP contribution is 2.42. The number of nitrogens with one attached hydrogen (secondary N) is 1. The maximum atomic E-state index is 13.5. The number of ether oxygens (including phenoxy) is 2. The van der Waals surface area contributed by atoms with Crippen molar-refractivity contribution in [2.45, 2.75) is 6.18 Å². The van der Waals surface area contributed by atoms with Gasteiger partial charge in [0.05, 0.1) is 29.8 Å². The Morgan fingerprint density at radius 3 is 2.51 bits per heavy atom. The van der Waals surface area contributed by atoms with Crippen LogP contribution in [-0.4, -0.2) is 35.5 Å². The van der Waals surface area contributed by atoms with E-state index in [1.807, 2.05) is 0 Å². The maximum Gasteiger partial charge on any atom is 0.416 e. The number of alkyl halides is 3. The molecule has 45 heavy (non-hydrogen) atoms. The van der Waals surface area contributed by atoms with Gasteiger partial charge in [0.1, 0.15) is 5.02 Å². The zero-order valence-electron chi connectivity index (χ0n) is 23.0. The lowest BCUT2D eigenvalue weighted by Gasteiger charge is -2.15. The van der Waals surface area contributed by atoms with Crippen LogP contribution in [0.3, 0.4) is 0 Å². The van der Waals surface area contributed by atoms with Gasteiger partial charge in [-0.1, -0.05) is 47.5 Å². The number of anilines is 1. The van der Waals surface area contributed by atoms with E-state index in [1.165, 1.54) is 37.6 Å². The minimum atomic E-state index is -4.61. The largest absolute Gasteiger partial charge is 0.493 e. The minimum absolute atomic E-state index is 0.0279. The van der Waals surface area contributed by atoms with Gasteiger partial charge in [0.2, 0.25) is 0 Å². The summed E-state index contributed by atoms with van der Waals surface area (Å²) in [4.78, 5) is 30.4. The number of fused-ring (bicyclic) bond motifs is 1. The van der Waals surface area contributed by atoms with Crippen molar-refractivity contribution < 1.29 is 27.4 Å². The first-order valence-corrected chi connectivity index (χ1v) is 14.5. The predicted octanol–water partition coefficient (Wildman–Crippen LogP) is 8.06. The standard InChI is InChI=1S/C31H20BrCl2F3N4O4/c1-44-24-14-18(26(32)27(34)28(24)45-16-25(42)39-21-11-9-20(33)10-12-21)15-38-41-29(17-5-4-6-19(13-17)31(35,36)37)40-23-8-3-2-7-22(23)30(41)43/h2-15H,16H2,1H3,(H,39,42). The summed E-state index contributed by atoms with van der Waals surface area (Å²) in [7, 11) is 1.37. The molecule has 0 fully saturated rings. The number of para-hydroxylation sites is 1. The molecule has 0 radical (unpaired) electrons. The molecule has 0 aliphatic rings. The van der Waals surface area contributed by atoms with Crippen LogP contribution in [0.4, 0.5) is 18.9 Å². The van der Waals surface area contributed by atoms with Gasteiger partial charge in [0.15, 0.2) is 23.9 Å². The third-order valence-electron chi connectivity index (χ3n) is 6.37. The lowest BCUT2D eigenvalue weighted by atomic mass is 10.1. The smallest absolute Gasteiger partial charge is 0.416 e. The maximum absolute atomic E-state index is 13.5. The summed E-state index contributed by atoms with van der Waals surface area (Å²) < 4.78 is 52.8. The van der Waals surface area contributed by atoms with E-state index < -0.39 is 29.8 Å². The van der Waals surface area contributed by atoms with Crippen LogP contribution in [0.2, 0.25) is 10.0 Å². The Morgan fingerprint density at radius 2 is 1.80 bits per heavy atom. The number of carbonyl (C=O) groups excluding carboxylic acids is 1. The van der Waals surface area contributed by atoms with E-state index >= 15 is 0 Å². The fraction of sp³-hybridized carbons (Fsp3) is 0.0968. The minimum Gasteiger partial charge on any atom is -0.493 e. The van der Waals surface area contributed by atoms with Crippen LogP contribution in [-0.2, 0) is 11.0 Å². The number of aromatic nitrogens is 2. The summed E-state index contributed by atoms with van der Waals surface area (Å²) in [6.45, 7) is -0.406. The summed E-state index contributed by atoms with van der Waals surface area (Å²) in [5, 5.41) is 7.74. The predicted molar refractivity (Wildman–Crippen MR) is 171 cm³/mol. The Bertz CT molecular complexity index is 2000. The normalized spacial score (nSPS) is 11.6. The average molecular weight is 720 g/mol. The van der Waals surface area contributed by atoms with E-state index in [-0.39, 0.29) is 43.3 Å².